The second-order valence-corrected chi connectivity index (χ2v) is 6.05. The number of carbonyl (C=O) groups excluding carboxylic acids is 1. The predicted octanol–water partition coefficient (Wildman–Crippen LogP) is 3.14. The van der Waals surface area contributed by atoms with E-state index >= 15 is 0 Å². The number of rotatable bonds is 5. The maximum atomic E-state index is 12.1. The standard InChI is InChI=1S/C15H24ClNO2/c1-6-13-8-7-9-15(4,16)14(13)17(12(3)18)11(2)10-19-5/h7-9,11,14H,6,10H2,1-5H3. The third-order valence-corrected chi connectivity index (χ3v) is 3.88. The molecule has 0 saturated carbocycles. The molecular weight excluding hydrogens is 262 g/mol. The number of ether oxygens (including phenoxy) is 1. The largest absolute Gasteiger partial charge is 0.383 e. The van der Waals surface area contributed by atoms with Crippen LogP contribution in [0.1, 0.15) is 34.1 Å². The molecule has 0 N–H and O–H groups in total. The van der Waals surface area contributed by atoms with E-state index in [0.717, 1.165) is 6.42 Å². The average Bonchev–Trinajstić information content (AvgIpc) is 2.31. The van der Waals surface area contributed by atoms with E-state index < -0.39 is 4.87 Å². The van der Waals surface area contributed by atoms with E-state index in [4.69, 9.17) is 16.3 Å². The number of amides is 1. The Kier molecular flexibility index (Phi) is 5.63. The van der Waals surface area contributed by atoms with Gasteiger partial charge in [-0.1, -0.05) is 25.2 Å². The van der Waals surface area contributed by atoms with E-state index in [2.05, 4.69) is 13.0 Å². The summed E-state index contributed by atoms with van der Waals surface area (Å²) in [5, 5.41) is 0. The summed E-state index contributed by atoms with van der Waals surface area (Å²) in [5.41, 5.74) is 1.18. The van der Waals surface area contributed by atoms with Gasteiger partial charge in [-0.2, -0.15) is 0 Å². The molecule has 1 aliphatic carbocycles. The molecule has 0 aromatic carbocycles. The Morgan fingerprint density at radius 2 is 2.26 bits per heavy atom. The lowest BCUT2D eigenvalue weighted by Crippen LogP contribution is -2.55. The van der Waals surface area contributed by atoms with Crippen molar-refractivity contribution in [3.8, 4) is 0 Å². The molecule has 108 valence electrons. The highest BCUT2D eigenvalue weighted by atomic mass is 35.5. The zero-order chi connectivity index (χ0) is 14.6. The van der Waals surface area contributed by atoms with E-state index in [-0.39, 0.29) is 18.0 Å². The second kappa shape index (κ2) is 6.58. The summed E-state index contributed by atoms with van der Waals surface area (Å²) in [6.07, 6.45) is 6.86. The van der Waals surface area contributed by atoms with Crippen molar-refractivity contribution in [1.82, 2.24) is 4.90 Å². The molecule has 3 unspecified atom stereocenters. The van der Waals surface area contributed by atoms with Crippen molar-refractivity contribution in [2.75, 3.05) is 13.7 Å². The van der Waals surface area contributed by atoms with Crippen LogP contribution in [0.25, 0.3) is 0 Å². The van der Waals surface area contributed by atoms with Crippen LogP contribution in [0.3, 0.4) is 0 Å². The molecule has 0 aromatic rings. The van der Waals surface area contributed by atoms with Gasteiger partial charge < -0.3 is 9.64 Å². The molecule has 0 radical (unpaired) electrons. The van der Waals surface area contributed by atoms with E-state index in [1.807, 2.05) is 30.9 Å². The molecule has 0 aromatic heterocycles. The van der Waals surface area contributed by atoms with E-state index in [9.17, 15) is 4.79 Å². The summed E-state index contributed by atoms with van der Waals surface area (Å²) in [5.74, 6) is 0.0241. The lowest BCUT2D eigenvalue weighted by molar-refractivity contribution is -0.134. The maximum Gasteiger partial charge on any atom is 0.220 e. The number of halogens is 1. The lowest BCUT2D eigenvalue weighted by Gasteiger charge is -2.44. The minimum atomic E-state index is -0.576. The molecule has 4 heteroatoms. The smallest absolute Gasteiger partial charge is 0.220 e. The number of nitrogens with zero attached hydrogens (tertiary/aromatic N) is 1. The van der Waals surface area contributed by atoms with Gasteiger partial charge in [0.1, 0.15) is 0 Å². The molecule has 0 spiro atoms. The second-order valence-electron chi connectivity index (χ2n) is 5.24. The number of methoxy groups -OCH3 is 1. The summed E-state index contributed by atoms with van der Waals surface area (Å²) in [6.45, 7) is 8.12. The van der Waals surface area contributed by atoms with Gasteiger partial charge in [-0.05, 0) is 25.8 Å². The van der Waals surface area contributed by atoms with Crippen LogP contribution in [0.4, 0.5) is 0 Å². The topological polar surface area (TPSA) is 29.5 Å². The Bertz CT molecular complexity index is 388. The fourth-order valence-electron chi connectivity index (χ4n) is 2.73. The first kappa shape index (κ1) is 16.3. The van der Waals surface area contributed by atoms with Crippen molar-refractivity contribution < 1.29 is 9.53 Å². The van der Waals surface area contributed by atoms with Crippen LogP contribution in [-0.2, 0) is 9.53 Å². The van der Waals surface area contributed by atoms with Crippen LogP contribution >= 0.6 is 11.6 Å². The molecular formula is C15H24ClNO2. The van der Waals surface area contributed by atoms with Gasteiger partial charge in [-0.15, -0.1) is 11.6 Å². The predicted molar refractivity (Wildman–Crippen MR) is 79.4 cm³/mol. The maximum absolute atomic E-state index is 12.1. The first-order valence-corrected chi connectivity index (χ1v) is 7.08. The number of alkyl halides is 1. The van der Waals surface area contributed by atoms with Gasteiger partial charge in [0.2, 0.25) is 5.91 Å². The molecule has 0 heterocycles. The van der Waals surface area contributed by atoms with Gasteiger partial charge in [0.25, 0.3) is 0 Å². The SMILES string of the molecule is CCC1=CC=CC(C)(Cl)C1N(C(C)=O)C(C)COC. The quantitative estimate of drug-likeness (QED) is 0.726. The summed E-state index contributed by atoms with van der Waals surface area (Å²) >= 11 is 6.63. The first-order chi connectivity index (χ1) is 8.85. The minimum absolute atomic E-state index is 0.00738. The molecule has 1 amide bonds. The monoisotopic (exact) mass is 285 g/mol. The Morgan fingerprint density at radius 3 is 2.74 bits per heavy atom. The Morgan fingerprint density at radius 1 is 1.63 bits per heavy atom. The van der Waals surface area contributed by atoms with Gasteiger partial charge >= 0.3 is 0 Å². The van der Waals surface area contributed by atoms with Crippen molar-refractivity contribution in [1.29, 1.82) is 0 Å². The highest BCUT2D eigenvalue weighted by Crippen LogP contribution is 2.36. The Balaban J connectivity index is 3.15. The van der Waals surface area contributed by atoms with Crippen molar-refractivity contribution in [3.63, 3.8) is 0 Å². The van der Waals surface area contributed by atoms with Gasteiger partial charge in [-0.25, -0.2) is 0 Å². The summed E-state index contributed by atoms with van der Waals surface area (Å²) in [4.78, 5) is 13.3. The van der Waals surface area contributed by atoms with Crippen molar-refractivity contribution >= 4 is 17.5 Å². The number of hydrogen-bond acceptors (Lipinski definition) is 2. The lowest BCUT2D eigenvalue weighted by atomic mass is 9.85. The van der Waals surface area contributed by atoms with E-state index in [1.165, 1.54) is 5.57 Å². The zero-order valence-corrected chi connectivity index (χ0v) is 13.2. The number of carbonyl (C=O) groups is 1. The normalized spacial score (nSPS) is 27.9. The molecule has 3 nitrogen and oxygen atoms in total. The van der Waals surface area contributed by atoms with Crippen molar-refractivity contribution in [3.05, 3.63) is 23.8 Å². The van der Waals surface area contributed by atoms with Crippen LogP contribution < -0.4 is 0 Å². The summed E-state index contributed by atoms with van der Waals surface area (Å²) in [6, 6.07) is -0.126. The molecule has 0 bridgehead atoms. The number of allylic oxidation sites excluding steroid dienone is 2. The highest BCUT2D eigenvalue weighted by molar-refractivity contribution is 6.26. The number of hydrogen-bond donors (Lipinski definition) is 0. The Hall–Kier alpha value is -0.800. The van der Waals surface area contributed by atoms with E-state index in [1.54, 1.807) is 14.0 Å². The molecule has 1 aliphatic rings. The summed E-state index contributed by atoms with van der Waals surface area (Å²) in [7, 11) is 1.64. The molecule has 0 fully saturated rings. The van der Waals surface area contributed by atoms with Crippen LogP contribution in [0.15, 0.2) is 23.8 Å². The van der Waals surface area contributed by atoms with Crippen LogP contribution in [0, 0.1) is 0 Å². The van der Waals surface area contributed by atoms with Gasteiger partial charge in [0.15, 0.2) is 0 Å². The summed E-state index contributed by atoms with van der Waals surface area (Å²) < 4.78 is 5.19. The van der Waals surface area contributed by atoms with Gasteiger partial charge in [0, 0.05) is 14.0 Å². The molecule has 19 heavy (non-hydrogen) atoms. The van der Waals surface area contributed by atoms with Crippen LogP contribution in [0.5, 0.6) is 0 Å². The zero-order valence-electron chi connectivity index (χ0n) is 12.4. The average molecular weight is 286 g/mol. The molecule has 1 rings (SSSR count). The van der Waals surface area contributed by atoms with Crippen molar-refractivity contribution in [2.24, 2.45) is 0 Å². The van der Waals surface area contributed by atoms with Gasteiger partial charge in [0.05, 0.1) is 23.6 Å². The first-order valence-electron chi connectivity index (χ1n) is 6.70. The molecule has 3 atom stereocenters. The van der Waals surface area contributed by atoms with Crippen LogP contribution in [-0.4, -0.2) is 41.5 Å². The molecule has 0 saturated heterocycles. The third kappa shape index (κ3) is 3.61. The molecule has 0 aliphatic heterocycles. The van der Waals surface area contributed by atoms with Crippen LogP contribution in [0.2, 0.25) is 0 Å². The fraction of sp³-hybridized carbons (Fsp3) is 0.667. The van der Waals surface area contributed by atoms with Crippen molar-refractivity contribution in [2.45, 2.75) is 51.1 Å². The minimum Gasteiger partial charge on any atom is -0.383 e. The van der Waals surface area contributed by atoms with Gasteiger partial charge in [-0.3, -0.25) is 4.79 Å². The highest BCUT2D eigenvalue weighted by Gasteiger charge is 2.41. The Labute approximate surface area is 121 Å². The fourth-order valence-corrected chi connectivity index (χ4v) is 3.05. The third-order valence-electron chi connectivity index (χ3n) is 3.55. The van der Waals surface area contributed by atoms with E-state index in [0.29, 0.717) is 6.61 Å².